The average Bonchev–Trinajstić information content (AvgIpc) is 3.61. The Bertz CT molecular complexity index is 1990. The molecule has 15 nitrogen and oxygen atoms in total. The highest BCUT2D eigenvalue weighted by Gasteiger charge is 2.30. The molecule has 47 heavy (non-hydrogen) atoms. The number of carboxylic acids is 1. The zero-order chi connectivity index (χ0) is 33.7. The largest absolute Gasteiger partial charge is 0.495 e. The number of hydrogen-bond acceptors (Lipinski definition) is 11. The number of sulfonamides is 1. The van der Waals surface area contributed by atoms with Crippen molar-refractivity contribution in [3.63, 3.8) is 0 Å². The third-order valence-electron chi connectivity index (χ3n) is 7.09. The molecule has 0 aliphatic carbocycles. The number of nitrogens with zero attached hydrogens (tertiary/aromatic N) is 7. The van der Waals surface area contributed by atoms with Gasteiger partial charge in [-0.25, -0.2) is 18.4 Å². The Hall–Kier alpha value is -5.64. The van der Waals surface area contributed by atoms with Crippen LogP contribution in [0.15, 0.2) is 70.9 Å². The summed E-state index contributed by atoms with van der Waals surface area (Å²) in [6.07, 6.45) is 1.10. The fraction of sp³-hybridized carbons (Fsp3) is 0.258. The van der Waals surface area contributed by atoms with Gasteiger partial charge in [-0.05, 0) is 62.4 Å². The minimum atomic E-state index is -3.94. The number of ether oxygens (including phenoxy) is 1. The van der Waals surface area contributed by atoms with Gasteiger partial charge in [0.1, 0.15) is 17.2 Å². The summed E-state index contributed by atoms with van der Waals surface area (Å²) in [6, 6.07) is 15.7. The molecule has 0 saturated heterocycles. The normalized spacial score (nSPS) is 13.2. The smallest absolute Gasteiger partial charge is 0.304 e. The summed E-state index contributed by atoms with van der Waals surface area (Å²) in [4.78, 5) is 40.6. The number of carboxylic acid groups (broad SMARTS) is 1. The third-order valence-corrected chi connectivity index (χ3v) is 8.36. The van der Waals surface area contributed by atoms with Crippen LogP contribution in [-0.2, 0) is 19.6 Å². The summed E-state index contributed by atoms with van der Waals surface area (Å²) in [7, 11) is -2.57. The van der Waals surface area contributed by atoms with Crippen molar-refractivity contribution in [3.8, 4) is 17.1 Å². The quantitative estimate of drug-likeness (QED) is 0.190. The maximum atomic E-state index is 12.4. The third kappa shape index (κ3) is 7.44. The monoisotopic (exact) mass is 659 g/mol. The van der Waals surface area contributed by atoms with Gasteiger partial charge in [-0.2, -0.15) is 0 Å². The number of carbonyl (C=O) groups is 2. The maximum Gasteiger partial charge on any atom is 0.304 e. The first kappa shape index (κ1) is 32.7. The molecule has 4 aromatic rings. The van der Waals surface area contributed by atoms with E-state index in [0.717, 1.165) is 18.8 Å². The molecule has 0 unspecified atom stereocenters. The number of amides is 1. The Kier molecular flexibility index (Phi) is 9.60. The van der Waals surface area contributed by atoms with Crippen LogP contribution >= 0.6 is 0 Å². The molecule has 5 rings (SSSR count). The molecular weight excluding hydrogens is 626 g/mol. The van der Waals surface area contributed by atoms with E-state index in [2.05, 4.69) is 44.0 Å². The molecule has 3 heterocycles. The Morgan fingerprint density at radius 1 is 1.06 bits per heavy atom. The van der Waals surface area contributed by atoms with Crippen LogP contribution in [0.2, 0.25) is 0 Å². The summed E-state index contributed by atoms with van der Waals surface area (Å²) >= 11 is 0. The highest BCUT2D eigenvalue weighted by molar-refractivity contribution is 7.92. The van der Waals surface area contributed by atoms with Crippen molar-refractivity contribution in [2.24, 2.45) is 10.1 Å². The van der Waals surface area contributed by atoms with Gasteiger partial charge in [0.25, 0.3) is 0 Å². The number of hydrogen-bond donors (Lipinski definition) is 3. The molecule has 16 heteroatoms. The molecule has 0 bridgehead atoms. The van der Waals surface area contributed by atoms with Crippen LogP contribution in [0.5, 0.6) is 5.75 Å². The fourth-order valence-electron chi connectivity index (χ4n) is 4.84. The molecule has 2 aromatic carbocycles. The van der Waals surface area contributed by atoms with Gasteiger partial charge in [0.05, 0.1) is 42.0 Å². The Balaban J connectivity index is 1.57. The number of fused-ring (bicyclic) bond motifs is 1. The fourth-order valence-corrected chi connectivity index (χ4v) is 5.89. The molecule has 244 valence electrons. The number of rotatable bonds is 13. The minimum absolute atomic E-state index is 0.129. The summed E-state index contributed by atoms with van der Waals surface area (Å²) in [5, 5.41) is 21.0. The molecule has 1 amide bonds. The lowest BCUT2D eigenvalue weighted by molar-refractivity contribution is -0.136. The van der Waals surface area contributed by atoms with Gasteiger partial charge in [0.15, 0.2) is 5.82 Å². The molecule has 2 aromatic heterocycles. The second-order valence-corrected chi connectivity index (χ2v) is 12.1. The number of aromatic nitrogens is 4. The van der Waals surface area contributed by atoms with Crippen molar-refractivity contribution in [1.82, 2.24) is 19.9 Å². The molecule has 0 spiro atoms. The highest BCUT2D eigenvalue weighted by Crippen LogP contribution is 2.34. The van der Waals surface area contributed by atoms with E-state index in [1.54, 1.807) is 30.5 Å². The summed E-state index contributed by atoms with van der Waals surface area (Å²) in [5.41, 5.74) is 3.89. The molecule has 0 fully saturated rings. The second kappa shape index (κ2) is 13.8. The molecule has 1 aliphatic heterocycles. The van der Waals surface area contributed by atoms with E-state index in [-0.39, 0.29) is 23.2 Å². The summed E-state index contributed by atoms with van der Waals surface area (Å²) < 4.78 is 32.6. The second-order valence-electron chi connectivity index (χ2n) is 10.3. The van der Waals surface area contributed by atoms with E-state index in [1.807, 2.05) is 24.3 Å². The first-order chi connectivity index (χ1) is 22.5. The highest BCUT2D eigenvalue weighted by atomic mass is 32.2. The van der Waals surface area contributed by atoms with Crippen LogP contribution in [0.1, 0.15) is 38.7 Å². The number of benzene rings is 2. The van der Waals surface area contributed by atoms with Gasteiger partial charge in [-0.1, -0.05) is 6.07 Å². The van der Waals surface area contributed by atoms with Crippen LogP contribution in [0.25, 0.3) is 11.4 Å². The predicted molar refractivity (Wildman–Crippen MR) is 178 cm³/mol. The van der Waals surface area contributed by atoms with E-state index >= 15 is 0 Å². The first-order valence-corrected chi connectivity index (χ1v) is 16.3. The number of aliphatic carboxylic acids is 1. The van der Waals surface area contributed by atoms with E-state index in [0.29, 0.717) is 39.9 Å². The number of aliphatic imine (C=N–C) groups is 1. The predicted octanol–water partition coefficient (Wildman–Crippen LogP) is 3.76. The standard InChI is InChI=1S/C31H33N9O6S/c1-5-39(6-2)21-11-13-22(25(18-21)33-19(3)41)34-29-28(24-9-7-8-15-32-24)36-40-31(29)35-30(37-40)20-10-12-23(26(17-20)46-4)38-47(44,45)16-14-27(42)43/h7-13,15,17-18,38H,5-6,14,16H2,1-4H3,(H,33,41)(H,42,43). The van der Waals surface area contributed by atoms with E-state index in [1.165, 1.54) is 24.9 Å². The number of methoxy groups -OCH3 is 1. The van der Waals surface area contributed by atoms with Crippen molar-refractivity contribution >= 4 is 56.1 Å². The van der Waals surface area contributed by atoms with Crippen molar-refractivity contribution in [2.45, 2.75) is 27.2 Å². The van der Waals surface area contributed by atoms with Gasteiger partial charge < -0.3 is 20.1 Å². The lowest BCUT2D eigenvalue weighted by Crippen LogP contribution is -2.22. The van der Waals surface area contributed by atoms with Crippen LogP contribution in [0.3, 0.4) is 0 Å². The lowest BCUT2D eigenvalue weighted by atomic mass is 10.1. The number of nitrogens with one attached hydrogen (secondary N) is 2. The van der Waals surface area contributed by atoms with Crippen LogP contribution < -0.4 is 19.7 Å². The van der Waals surface area contributed by atoms with Gasteiger partial charge in [0.2, 0.25) is 21.8 Å². The van der Waals surface area contributed by atoms with Crippen molar-refractivity contribution in [3.05, 3.63) is 72.3 Å². The zero-order valence-electron chi connectivity index (χ0n) is 26.1. The van der Waals surface area contributed by atoms with Crippen LogP contribution in [0, 0.1) is 0 Å². The van der Waals surface area contributed by atoms with Gasteiger partial charge in [-0.3, -0.25) is 19.3 Å². The summed E-state index contributed by atoms with van der Waals surface area (Å²) in [5.74, 6) is -1.31. The Labute approximate surface area is 271 Å². The number of pyridine rings is 1. The van der Waals surface area contributed by atoms with E-state index in [4.69, 9.17) is 19.8 Å². The topological polar surface area (TPSA) is 193 Å². The SMILES string of the molecule is CCN(CC)c1ccc(N=C2C(c3ccccn3)=Nn3nc(-c4ccc(NS(=O)(=O)CCC(=O)O)c(OC)c4)nc32)c(NC(C)=O)c1. The Morgan fingerprint density at radius 2 is 1.85 bits per heavy atom. The average molecular weight is 660 g/mol. The first-order valence-electron chi connectivity index (χ1n) is 14.7. The van der Waals surface area contributed by atoms with Crippen LogP contribution in [-0.4, -0.2) is 82.6 Å². The molecule has 1 aliphatic rings. The molecule has 0 atom stereocenters. The number of anilines is 3. The summed E-state index contributed by atoms with van der Waals surface area (Å²) in [6.45, 7) is 7.11. The van der Waals surface area contributed by atoms with Gasteiger partial charge in [0, 0.05) is 37.5 Å². The van der Waals surface area contributed by atoms with Gasteiger partial charge >= 0.3 is 5.97 Å². The number of carbonyl (C=O) groups excluding carboxylic acids is 1. The van der Waals surface area contributed by atoms with Crippen molar-refractivity contribution < 1.29 is 27.9 Å². The maximum absolute atomic E-state index is 12.4. The molecule has 0 saturated carbocycles. The van der Waals surface area contributed by atoms with E-state index < -0.39 is 28.2 Å². The minimum Gasteiger partial charge on any atom is -0.495 e. The Morgan fingerprint density at radius 3 is 2.51 bits per heavy atom. The van der Waals surface area contributed by atoms with Gasteiger partial charge in [-0.15, -0.1) is 15.0 Å². The van der Waals surface area contributed by atoms with E-state index in [9.17, 15) is 18.0 Å². The van der Waals surface area contributed by atoms with Crippen molar-refractivity contribution in [1.29, 1.82) is 0 Å². The van der Waals surface area contributed by atoms with Crippen molar-refractivity contribution in [2.75, 3.05) is 40.9 Å². The zero-order valence-corrected chi connectivity index (χ0v) is 26.9. The molecule has 3 N–H and O–H groups in total. The molecular formula is C31H33N9O6S. The molecule has 0 radical (unpaired) electrons. The van der Waals surface area contributed by atoms with Crippen LogP contribution in [0.4, 0.5) is 22.7 Å². The lowest BCUT2D eigenvalue weighted by Gasteiger charge is -2.22.